The fourth-order valence-electron chi connectivity index (χ4n) is 0.937. The second kappa shape index (κ2) is 3.76. The highest BCUT2D eigenvalue weighted by Gasteiger charge is 2.03. The van der Waals surface area contributed by atoms with Crippen molar-refractivity contribution < 1.29 is 9.90 Å². The van der Waals surface area contributed by atoms with E-state index < -0.39 is 5.97 Å². The van der Waals surface area contributed by atoms with Gasteiger partial charge in [0.1, 0.15) is 0 Å². The Morgan fingerprint density at radius 3 is 2.92 bits per heavy atom. The molecule has 0 bridgehead atoms. The van der Waals surface area contributed by atoms with Crippen molar-refractivity contribution in [2.45, 2.75) is 13.3 Å². The minimum Gasteiger partial charge on any atom is -0.478 e. The number of aliphatic carboxylic acids is 1. The minimum absolute atomic E-state index is 0.414. The monoisotopic (exact) mass is 165 g/mol. The van der Waals surface area contributed by atoms with Crippen LogP contribution in [0.4, 0.5) is 0 Å². The first-order valence-electron chi connectivity index (χ1n) is 3.81. The summed E-state index contributed by atoms with van der Waals surface area (Å²) in [4.78, 5) is 13.5. The van der Waals surface area contributed by atoms with Crippen LogP contribution in [-0.2, 0) is 4.79 Å². The second-order valence-corrected chi connectivity index (χ2v) is 2.45. The van der Waals surface area contributed by atoms with E-state index in [0.29, 0.717) is 12.0 Å². The molecule has 0 spiro atoms. The predicted octanol–water partition coefficient (Wildman–Crippen LogP) is 1.89. The third kappa shape index (κ3) is 1.99. The summed E-state index contributed by atoms with van der Waals surface area (Å²) in [5.41, 5.74) is 1.24. The lowest BCUT2D eigenvalue weighted by molar-refractivity contribution is -0.132. The Bertz CT molecular complexity index is 285. The van der Waals surface area contributed by atoms with Crippen molar-refractivity contribution in [3.63, 3.8) is 0 Å². The summed E-state index contributed by atoms with van der Waals surface area (Å²) in [5.74, 6) is -0.855. The highest BCUT2D eigenvalue weighted by Crippen LogP contribution is 2.07. The van der Waals surface area contributed by atoms with Crippen LogP contribution >= 0.6 is 0 Å². The Kier molecular flexibility index (Phi) is 2.69. The molecule has 0 unspecified atom stereocenters. The average molecular weight is 165 g/mol. The van der Waals surface area contributed by atoms with Crippen molar-refractivity contribution in [1.29, 1.82) is 0 Å². The van der Waals surface area contributed by atoms with E-state index in [9.17, 15) is 4.79 Å². The Hall–Kier alpha value is -1.51. The van der Waals surface area contributed by atoms with Crippen molar-refractivity contribution in [3.8, 4) is 0 Å². The summed E-state index contributed by atoms with van der Waals surface area (Å²) in [6.45, 7) is 1.82. The lowest BCUT2D eigenvalue weighted by Crippen LogP contribution is -1.98. The summed E-state index contributed by atoms with van der Waals surface area (Å²) in [7, 11) is 0. The molecule has 0 aliphatic heterocycles. The molecular formula is C9H11NO2. The van der Waals surface area contributed by atoms with Crippen molar-refractivity contribution >= 4 is 12.0 Å². The molecule has 0 atom stereocenters. The first-order valence-corrected chi connectivity index (χ1v) is 3.81. The number of aromatic nitrogens is 1. The van der Waals surface area contributed by atoms with Gasteiger partial charge in [-0.25, -0.2) is 4.79 Å². The average Bonchev–Trinajstić information content (AvgIpc) is 2.51. The maximum atomic E-state index is 10.6. The molecule has 1 aromatic heterocycles. The smallest absolute Gasteiger partial charge is 0.331 e. The Morgan fingerprint density at radius 2 is 2.50 bits per heavy atom. The number of carboxylic acid groups (broad SMARTS) is 1. The van der Waals surface area contributed by atoms with Gasteiger partial charge in [-0.05, 0) is 24.6 Å². The van der Waals surface area contributed by atoms with E-state index in [2.05, 4.69) is 4.98 Å². The molecule has 0 fully saturated rings. The molecule has 12 heavy (non-hydrogen) atoms. The van der Waals surface area contributed by atoms with Crippen LogP contribution in [0.5, 0.6) is 0 Å². The number of H-pyrrole nitrogens is 1. The third-order valence-electron chi connectivity index (χ3n) is 1.61. The van der Waals surface area contributed by atoms with Gasteiger partial charge in [-0.15, -0.1) is 0 Å². The van der Waals surface area contributed by atoms with E-state index in [1.165, 1.54) is 0 Å². The predicted molar refractivity (Wildman–Crippen MR) is 46.7 cm³/mol. The number of rotatable bonds is 3. The lowest BCUT2D eigenvalue weighted by Gasteiger charge is -1.95. The number of aromatic amines is 1. The number of hydrogen-bond acceptors (Lipinski definition) is 1. The zero-order valence-electron chi connectivity index (χ0n) is 6.87. The number of carbonyl (C=O) groups is 1. The zero-order valence-corrected chi connectivity index (χ0v) is 6.87. The molecule has 0 aliphatic rings. The summed E-state index contributed by atoms with van der Waals surface area (Å²) in [5, 5.41) is 8.69. The standard InChI is InChI=1S/C9H11NO2/c1-2-7(9(11)12)6-8-4-3-5-10-8/h3-6,10H,2H2,1H3,(H,11,12)/b7-6+. The van der Waals surface area contributed by atoms with Crippen LogP contribution in [0.3, 0.4) is 0 Å². The van der Waals surface area contributed by atoms with Crippen LogP contribution < -0.4 is 0 Å². The van der Waals surface area contributed by atoms with Gasteiger partial charge in [0.2, 0.25) is 0 Å². The SMILES string of the molecule is CC/C(=C\c1ccc[nH]1)C(=O)O. The van der Waals surface area contributed by atoms with Crippen molar-refractivity contribution in [3.05, 3.63) is 29.6 Å². The summed E-state index contributed by atoms with van der Waals surface area (Å²) >= 11 is 0. The Labute approximate surface area is 70.7 Å². The van der Waals surface area contributed by atoms with Crippen LogP contribution in [0.1, 0.15) is 19.0 Å². The van der Waals surface area contributed by atoms with Crippen LogP contribution in [0.25, 0.3) is 6.08 Å². The van der Waals surface area contributed by atoms with E-state index in [0.717, 1.165) is 5.69 Å². The summed E-state index contributed by atoms with van der Waals surface area (Å²) in [6.07, 6.45) is 3.94. The molecule has 0 saturated heterocycles. The molecule has 0 radical (unpaired) electrons. The van der Waals surface area contributed by atoms with E-state index in [-0.39, 0.29) is 0 Å². The molecule has 3 heteroatoms. The topological polar surface area (TPSA) is 53.1 Å². The van der Waals surface area contributed by atoms with Gasteiger partial charge >= 0.3 is 5.97 Å². The lowest BCUT2D eigenvalue weighted by atomic mass is 10.2. The maximum Gasteiger partial charge on any atom is 0.331 e. The normalized spacial score (nSPS) is 11.6. The van der Waals surface area contributed by atoms with Gasteiger partial charge in [-0.1, -0.05) is 6.92 Å². The largest absolute Gasteiger partial charge is 0.478 e. The van der Waals surface area contributed by atoms with Crippen LogP contribution in [0.15, 0.2) is 23.9 Å². The number of hydrogen-bond donors (Lipinski definition) is 2. The molecule has 0 aliphatic carbocycles. The third-order valence-corrected chi connectivity index (χ3v) is 1.61. The molecule has 0 aromatic carbocycles. The molecule has 1 aromatic rings. The first kappa shape index (κ1) is 8.59. The first-order chi connectivity index (χ1) is 5.74. The van der Waals surface area contributed by atoms with Crippen LogP contribution in [-0.4, -0.2) is 16.1 Å². The highest BCUT2D eigenvalue weighted by atomic mass is 16.4. The molecule has 1 heterocycles. The maximum absolute atomic E-state index is 10.6. The fraction of sp³-hybridized carbons (Fsp3) is 0.222. The zero-order chi connectivity index (χ0) is 8.97. The van der Waals surface area contributed by atoms with Crippen molar-refractivity contribution in [2.24, 2.45) is 0 Å². The fourth-order valence-corrected chi connectivity index (χ4v) is 0.937. The van der Waals surface area contributed by atoms with Gasteiger partial charge in [-0.3, -0.25) is 0 Å². The van der Waals surface area contributed by atoms with Gasteiger partial charge in [0, 0.05) is 17.5 Å². The minimum atomic E-state index is -0.855. The van der Waals surface area contributed by atoms with Gasteiger partial charge in [0.05, 0.1) is 0 Å². The molecule has 0 saturated carbocycles. The van der Waals surface area contributed by atoms with Crippen LogP contribution in [0.2, 0.25) is 0 Å². The molecular weight excluding hydrogens is 154 g/mol. The molecule has 64 valence electrons. The van der Waals surface area contributed by atoms with Crippen LogP contribution in [0, 0.1) is 0 Å². The van der Waals surface area contributed by atoms with Gasteiger partial charge in [-0.2, -0.15) is 0 Å². The van der Waals surface area contributed by atoms with Crippen molar-refractivity contribution in [2.75, 3.05) is 0 Å². The quantitative estimate of drug-likeness (QED) is 0.672. The summed E-state index contributed by atoms with van der Waals surface area (Å²) in [6, 6.07) is 3.67. The van der Waals surface area contributed by atoms with Gasteiger partial charge in [0.25, 0.3) is 0 Å². The van der Waals surface area contributed by atoms with Gasteiger partial charge in [0.15, 0.2) is 0 Å². The summed E-state index contributed by atoms with van der Waals surface area (Å²) < 4.78 is 0. The molecule has 3 nitrogen and oxygen atoms in total. The Morgan fingerprint density at radius 1 is 1.75 bits per heavy atom. The van der Waals surface area contributed by atoms with Crippen molar-refractivity contribution in [1.82, 2.24) is 4.98 Å². The van der Waals surface area contributed by atoms with E-state index in [1.807, 2.05) is 19.1 Å². The van der Waals surface area contributed by atoms with E-state index in [4.69, 9.17) is 5.11 Å². The number of nitrogens with one attached hydrogen (secondary N) is 1. The highest BCUT2D eigenvalue weighted by molar-refractivity contribution is 5.91. The molecule has 0 amide bonds. The van der Waals surface area contributed by atoms with E-state index >= 15 is 0 Å². The van der Waals surface area contributed by atoms with Gasteiger partial charge < -0.3 is 10.1 Å². The Balaban J connectivity index is 2.85. The molecule has 1 rings (SSSR count). The van der Waals surface area contributed by atoms with E-state index in [1.54, 1.807) is 12.3 Å². The second-order valence-electron chi connectivity index (χ2n) is 2.45. The molecule has 2 N–H and O–H groups in total. The number of carboxylic acids is 1.